The Bertz CT molecular complexity index is 512. The van der Waals surface area contributed by atoms with Crippen LogP contribution in [-0.2, 0) is 10.0 Å². The number of unbranched alkanes of at least 4 members (excludes halogenated alkanes) is 1. The van der Waals surface area contributed by atoms with Gasteiger partial charge in [-0.1, -0.05) is 31.0 Å². The minimum atomic E-state index is -3.81. The average molecular weight is 292 g/mol. The summed E-state index contributed by atoms with van der Waals surface area (Å²) in [6, 6.07) is 5.44. The van der Waals surface area contributed by atoms with Crippen molar-refractivity contribution >= 4 is 16.0 Å². The van der Waals surface area contributed by atoms with Gasteiger partial charge in [0.2, 0.25) is 0 Å². The predicted octanol–water partition coefficient (Wildman–Crippen LogP) is -2.21. The van der Waals surface area contributed by atoms with E-state index in [0.29, 0.717) is 6.54 Å². The van der Waals surface area contributed by atoms with Crippen molar-refractivity contribution in [2.45, 2.75) is 31.6 Å². The third-order valence-electron chi connectivity index (χ3n) is 2.32. The van der Waals surface area contributed by atoms with Crippen molar-refractivity contribution < 1.29 is 43.1 Å². The van der Waals surface area contributed by atoms with Gasteiger partial charge in [0.15, 0.2) is 0 Å². The number of nitrogens with one attached hydrogen (secondary N) is 1. The number of benzene rings is 1. The summed E-state index contributed by atoms with van der Waals surface area (Å²) in [6.07, 6.45) is 1.67. The van der Waals surface area contributed by atoms with Crippen molar-refractivity contribution in [3.05, 3.63) is 29.8 Å². The number of rotatable bonds is 5. The standard InChI is InChI=1S/C12H18N2O3S.Na/c1-3-4-9-13-12(15)14-18(16,17)11-7-5-10(2)6-8-11;/h5-8H,3-4,9H2,1-2H3,(H2,13,14,15);/q;+1/p-1. The van der Waals surface area contributed by atoms with Gasteiger partial charge in [-0.25, -0.2) is 8.42 Å². The first kappa shape index (κ1) is 18.4. The molecule has 1 N–H and O–H groups in total. The molecule has 0 aliphatic heterocycles. The number of nitrogens with zero attached hydrogens (tertiary/aromatic N) is 1. The average Bonchev–Trinajstić information content (AvgIpc) is 2.29. The molecule has 7 heteroatoms. The molecular weight excluding hydrogens is 275 g/mol. The Morgan fingerprint density at radius 1 is 1.32 bits per heavy atom. The maximum Gasteiger partial charge on any atom is 1.00 e. The molecule has 0 amide bonds. The van der Waals surface area contributed by atoms with Crippen LogP contribution in [0.4, 0.5) is 0 Å². The largest absolute Gasteiger partial charge is 1.00 e. The second-order valence-electron chi connectivity index (χ2n) is 3.96. The van der Waals surface area contributed by atoms with E-state index in [9.17, 15) is 13.5 Å². The Kier molecular flexibility index (Phi) is 8.33. The SMILES string of the molecule is CCCCN=C([O-])NS(=O)(=O)c1ccc(C)cc1.[Na+]. The fraction of sp³-hybridized carbons (Fsp3) is 0.417. The van der Waals surface area contributed by atoms with Crippen molar-refractivity contribution in [3.63, 3.8) is 0 Å². The van der Waals surface area contributed by atoms with Gasteiger partial charge in [-0.2, -0.15) is 0 Å². The number of aryl methyl sites for hydroxylation is 1. The van der Waals surface area contributed by atoms with Crippen LogP contribution in [0.2, 0.25) is 0 Å². The van der Waals surface area contributed by atoms with E-state index in [1.165, 1.54) is 12.1 Å². The molecule has 0 aliphatic rings. The number of sulfonamides is 1. The molecular formula is C12H17N2NaO3S. The number of hydrogen-bond acceptors (Lipinski definition) is 4. The van der Waals surface area contributed by atoms with Gasteiger partial charge in [0, 0.05) is 6.54 Å². The first-order valence-corrected chi connectivity index (χ1v) is 7.25. The quantitative estimate of drug-likeness (QED) is 0.289. The van der Waals surface area contributed by atoms with Crippen molar-refractivity contribution in [2.75, 3.05) is 6.54 Å². The molecule has 1 aromatic carbocycles. The van der Waals surface area contributed by atoms with Crippen molar-refractivity contribution in [1.29, 1.82) is 0 Å². The van der Waals surface area contributed by atoms with Crippen molar-refractivity contribution in [3.8, 4) is 0 Å². The third-order valence-corrected chi connectivity index (χ3v) is 3.66. The van der Waals surface area contributed by atoms with Crippen LogP contribution in [0.15, 0.2) is 34.2 Å². The van der Waals surface area contributed by atoms with E-state index in [2.05, 4.69) is 4.99 Å². The fourth-order valence-electron chi connectivity index (χ4n) is 1.26. The molecule has 0 aliphatic carbocycles. The summed E-state index contributed by atoms with van der Waals surface area (Å²) in [5.41, 5.74) is 0.952. The number of hydrogen-bond donors (Lipinski definition) is 1. The Morgan fingerprint density at radius 3 is 2.42 bits per heavy atom. The second-order valence-corrected chi connectivity index (χ2v) is 5.64. The van der Waals surface area contributed by atoms with Gasteiger partial charge in [-0.3, -0.25) is 9.71 Å². The second kappa shape index (κ2) is 8.58. The van der Waals surface area contributed by atoms with Gasteiger partial charge in [0.05, 0.1) is 10.9 Å². The minimum absolute atomic E-state index is 0. The number of amidine groups is 1. The zero-order chi connectivity index (χ0) is 13.6. The zero-order valence-corrected chi connectivity index (χ0v) is 14.3. The topological polar surface area (TPSA) is 81.6 Å². The summed E-state index contributed by atoms with van der Waals surface area (Å²) >= 11 is 0. The summed E-state index contributed by atoms with van der Waals surface area (Å²) in [7, 11) is -3.81. The maximum absolute atomic E-state index is 11.8. The summed E-state index contributed by atoms with van der Waals surface area (Å²) in [5.74, 6) is 0. The van der Waals surface area contributed by atoms with Crippen LogP contribution in [0.1, 0.15) is 25.3 Å². The molecule has 0 saturated carbocycles. The molecule has 1 rings (SSSR count). The Morgan fingerprint density at radius 2 is 1.89 bits per heavy atom. The molecule has 0 atom stereocenters. The van der Waals surface area contributed by atoms with Crippen LogP contribution in [0.3, 0.4) is 0 Å². The summed E-state index contributed by atoms with van der Waals surface area (Å²) < 4.78 is 25.5. The van der Waals surface area contributed by atoms with Crippen LogP contribution in [-0.4, -0.2) is 21.0 Å². The van der Waals surface area contributed by atoms with Crippen LogP contribution in [0, 0.1) is 6.92 Å². The van der Waals surface area contributed by atoms with Gasteiger partial charge in [-0.15, -0.1) is 0 Å². The monoisotopic (exact) mass is 292 g/mol. The van der Waals surface area contributed by atoms with E-state index >= 15 is 0 Å². The molecule has 0 radical (unpaired) electrons. The van der Waals surface area contributed by atoms with E-state index in [1.807, 2.05) is 18.6 Å². The smallest absolute Gasteiger partial charge is 0.846 e. The predicted molar refractivity (Wildman–Crippen MR) is 68.7 cm³/mol. The van der Waals surface area contributed by atoms with Crippen LogP contribution in [0.5, 0.6) is 0 Å². The first-order chi connectivity index (χ1) is 8.45. The molecule has 100 valence electrons. The maximum atomic E-state index is 11.8. The molecule has 0 unspecified atom stereocenters. The fourth-order valence-corrected chi connectivity index (χ4v) is 2.17. The molecule has 0 bridgehead atoms. The van der Waals surface area contributed by atoms with E-state index < -0.39 is 16.0 Å². The normalized spacial score (nSPS) is 11.8. The van der Waals surface area contributed by atoms with E-state index in [0.717, 1.165) is 18.4 Å². The van der Waals surface area contributed by atoms with Crippen molar-refractivity contribution in [1.82, 2.24) is 4.72 Å². The molecule has 19 heavy (non-hydrogen) atoms. The Balaban J connectivity index is 0.00000324. The van der Waals surface area contributed by atoms with Crippen molar-refractivity contribution in [2.24, 2.45) is 4.99 Å². The first-order valence-electron chi connectivity index (χ1n) is 5.76. The van der Waals surface area contributed by atoms with Gasteiger partial charge in [-0.05, 0) is 25.5 Å². The molecule has 5 nitrogen and oxygen atoms in total. The molecule has 0 aromatic heterocycles. The minimum Gasteiger partial charge on any atom is -0.846 e. The number of aliphatic imine (C=N–C) groups is 1. The van der Waals surface area contributed by atoms with Crippen LogP contribution in [0.25, 0.3) is 0 Å². The van der Waals surface area contributed by atoms with Crippen LogP contribution >= 0.6 is 0 Å². The van der Waals surface area contributed by atoms with Crippen LogP contribution < -0.4 is 39.4 Å². The van der Waals surface area contributed by atoms with E-state index in [1.54, 1.807) is 12.1 Å². The van der Waals surface area contributed by atoms with E-state index in [-0.39, 0.29) is 34.5 Å². The molecule has 0 heterocycles. The van der Waals surface area contributed by atoms with E-state index in [4.69, 9.17) is 0 Å². The zero-order valence-electron chi connectivity index (χ0n) is 11.5. The van der Waals surface area contributed by atoms with Gasteiger partial charge < -0.3 is 5.11 Å². The molecule has 1 aromatic rings. The van der Waals surface area contributed by atoms with Gasteiger partial charge in [0.1, 0.15) is 0 Å². The molecule has 0 fully saturated rings. The van der Waals surface area contributed by atoms with Gasteiger partial charge >= 0.3 is 29.6 Å². The summed E-state index contributed by atoms with van der Waals surface area (Å²) in [5, 5.41) is 11.3. The molecule has 0 spiro atoms. The Hall–Kier alpha value is -0.560. The molecule has 0 saturated heterocycles. The third kappa shape index (κ3) is 6.42. The summed E-state index contributed by atoms with van der Waals surface area (Å²) in [4.78, 5) is 3.68. The van der Waals surface area contributed by atoms with Gasteiger partial charge in [0.25, 0.3) is 10.0 Å². The Labute approximate surface area is 136 Å². The summed E-state index contributed by atoms with van der Waals surface area (Å²) in [6.45, 7) is 4.16.